The third kappa shape index (κ3) is 4.48. The molecule has 1 aromatic rings. The van der Waals surface area contributed by atoms with Crippen molar-refractivity contribution in [2.75, 3.05) is 13.2 Å². The lowest BCUT2D eigenvalue weighted by Crippen LogP contribution is -2.02. The van der Waals surface area contributed by atoms with Gasteiger partial charge in [-0.2, -0.15) is 0 Å². The topological polar surface area (TPSA) is 42.4 Å². The Bertz CT molecular complexity index is 346. The molecule has 0 saturated carbocycles. The summed E-state index contributed by atoms with van der Waals surface area (Å²) in [5, 5.41) is 8.55. The van der Waals surface area contributed by atoms with Crippen molar-refractivity contribution >= 4 is 0 Å². The number of rotatable bonds is 3. The Labute approximate surface area is 90.1 Å². The first-order chi connectivity index (χ1) is 7.22. The summed E-state index contributed by atoms with van der Waals surface area (Å²) in [5.74, 6) is 6.93. The fraction of sp³-hybridized carbons (Fsp3) is 0.417. The number of aromatic nitrogens is 1. The average Bonchev–Trinajstić information content (AvgIpc) is 2.25. The van der Waals surface area contributed by atoms with E-state index in [0.29, 0.717) is 11.8 Å². The van der Waals surface area contributed by atoms with Gasteiger partial charge in [0.15, 0.2) is 0 Å². The van der Waals surface area contributed by atoms with Crippen molar-refractivity contribution in [3.63, 3.8) is 0 Å². The smallest absolute Gasteiger partial charge is 0.213 e. The Balaban J connectivity index is 2.61. The molecule has 3 nitrogen and oxygen atoms in total. The fourth-order valence-electron chi connectivity index (χ4n) is 0.918. The number of pyridine rings is 1. The lowest BCUT2D eigenvalue weighted by Gasteiger charge is -2.01. The van der Waals surface area contributed by atoms with Crippen LogP contribution in [0.15, 0.2) is 18.3 Å². The van der Waals surface area contributed by atoms with Crippen LogP contribution in [0.1, 0.15) is 19.4 Å². The van der Waals surface area contributed by atoms with Crippen LogP contribution in [-0.4, -0.2) is 23.3 Å². The molecule has 0 saturated heterocycles. The van der Waals surface area contributed by atoms with E-state index in [4.69, 9.17) is 9.84 Å². The Morgan fingerprint density at radius 1 is 1.47 bits per heavy atom. The third-order valence-electron chi connectivity index (χ3n) is 1.58. The van der Waals surface area contributed by atoms with E-state index in [1.807, 2.05) is 19.9 Å². The van der Waals surface area contributed by atoms with Gasteiger partial charge in [-0.15, -0.1) is 0 Å². The molecule has 0 aromatic carbocycles. The second kappa shape index (κ2) is 6.05. The molecule has 80 valence electrons. The van der Waals surface area contributed by atoms with Gasteiger partial charge in [0, 0.05) is 23.7 Å². The van der Waals surface area contributed by atoms with Crippen LogP contribution < -0.4 is 4.74 Å². The molecular weight excluding hydrogens is 190 g/mol. The lowest BCUT2D eigenvalue weighted by molar-refractivity contribution is 0.196. The minimum absolute atomic E-state index is 0.00339. The summed E-state index contributed by atoms with van der Waals surface area (Å²) in [6.45, 7) is 4.35. The van der Waals surface area contributed by atoms with Crippen LogP contribution in [-0.2, 0) is 0 Å². The Hall–Kier alpha value is -1.53. The van der Waals surface area contributed by atoms with Gasteiger partial charge in [-0.25, -0.2) is 4.98 Å². The second-order valence-electron chi connectivity index (χ2n) is 3.38. The van der Waals surface area contributed by atoms with Gasteiger partial charge in [0.2, 0.25) is 5.88 Å². The van der Waals surface area contributed by atoms with Crippen LogP contribution in [0.2, 0.25) is 0 Å². The maximum absolute atomic E-state index is 8.55. The summed E-state index contributed by atoms with van der Waals surface area (Å²) in [5.41, 5.74) is 0.875. The molecule has 0 atom stereocenters. The van der Waals surface area contributed by atoms with Crippen LogP contribution in [0, 0.1) is 17.8 Å². The molecule has 0 amide bonds. The Morgan fingerprint density at radius 2 is 2.27 bits per heavy atom. The largest absolute Gasteiger partial charge is 0.475 e. The zero-order valence-electron chi connectivity index (χ0n) is 9.03. The number of aliphatic hydroxyl groups is 1. The van der Waals surface area contributed by atoms with Crippen molar-refractivity contribution in [3.8, 4) is 17.7 Å². The maximum Gasteiger partial charge on any atom is 0.213 e. The molecule has 3 heteroatoms. The van der Waals surface area contributed by atoms with Crippen LogP contribution in [0.5, 0.6) is 5.88 Å². The first-order valence-electron chi connectivity index (χ1n) is 4.93. The van der Waals surface area contributed by atoms with Gasteiger partial charge in [0.1, 0.15) is 6.61 Å². The average molecular weight is 205 g/mol. The van der Waals surface area contributed by atoms with Crippen molar-refractivity contribution in [1.82, 2.24) is 4.98 Å². The summed E-state index contributed by atoms with van der Waals surface area (Å²) in [6.07, 6.45) is 1.67. The zero-order valence-corrected chi connectivity index (χ0v) is 9.03. The molecule has 0 aliphatic carbocycles. The zero-order chi connectivity index (χ0) is 11.1. The van der Waals surface area contributed by atoms with Crippen molar-refractivity contribution in [3.05, 3.63) is 23.9 Å². The minimum atomic E-state index is -0.00339. The summed E-state index contributed by atoms with van der Waals surface area (Å²) in [4.78, 5) is 4.06. The fourth-order valence-corrected chi connectivity index (χ4v) is 0.918. The van der Waals surface area contributed by atoms with Crippen molar-refractivity contribution in [2.24, 2.45) is 5.92 Å². The van der Waals surface area contributed by atoms with Gasteiger partial charge in [-0.3, -0.25) is 0 Å². The van der Waals surface area contributed by atoms with E-state index in [-0.39, 0.29) is 13.2 Å². The van der Waals surface area contributed by atoms with E-state index in [9.17, 15) is 0 Å². The van der Waals surface area contributed by atoms with E-state index >= 15 is 0 Å². The predicted octanol–water partition coefficient (Wildman–Crippen LogP) is 1.46. The van der Waals surface area contributed by atoms with Crippen molar-refractivity contribution < 1.29 is 9.84 Å². The SMILES string of the molecule is CC(C)C#Cc1ccc(OCCO)nc1. The molecule has 0 aliphatic heterocycles. The van der Waals surface area contributed by atoms with Crippen molar-refractivity contribution in [1.29, 1.82) is 0 Å². The molecule has 0 radical (unpaired) electrons. The minimum Gasteiger partial charge on any atom is -0.475 e. The highest BCUT2D eigenvalue weighted by Crippen LogP contribution is 2.06. The van der Waals surface area contributed by atoms with Gasteiger partial charge in [0.05, 0.1) is 6.61 Å². The molecule has 0 aliphatic rings. The quantitative estimate of drug-likeness (QED) is 0.760. The number of hydrogen-bond donors (Lipinski definition) is 1. The van der Waals surface area contributed by atoms with E-state index in [2.05, 4.69) is 16.8 Å². The van der Waals surface area contributed by atoms with Crippen LogP contribution >= 0.6 is 0 Å². The lowest BCUT2D eigenvalue weighted by atomic mass is 10.2. The van der Waals surface area contributed by atoms with Gasteiger partial charge in [-0.1, -0.05) is 25.7 Å². The highest BCUT2D eigenvalue weighted by atomic mass is 16.5. The molecule has 0 spiro atoms. The molecular formula is C12H15NO2. The second-order valence-corrected chi connectivity index (χ2v) is 3.38. The van der Waals surface area contributed by atoms with Crippen LogP contribution in [0.25, 0.3) is 0 Å². The number of ether oxygens (including phenoxy) is 1. The first-order valence-corrected chi connectivity index (χ1v) is 4.93. The van der Waals surface area contributed by atoms with E-state index in [1.165, 1.54) is 0 Å². The molecule has 0 fully saturated rings. The van der Waals surface area contributed by atoms with E-state index in [1.54, 1.807) is 12.3 Å². The molecule has 1 N–H and O–H groups in total. The predicted molar refractivity (Wildman–Crippen MR) is 58.5 cm³/mol. The van der Waals surface area contributed by atoms with E-state index < -0.39 is 0 Å². The van der Waals surface area contributed by atoms with Gasteiger partial charge in [0.25, 0.3) is 0 Å². The van der Waals surface area contributed by atoms with Crippen LogP contribution in [0.3, 0.4) is 0 Å². The highest BCUT2D eigenvalue weighted by molar-refractivity contribution is 5.33. The van der Waals surface area contributed by atoms with Crippen molar-refractivity contribution in [2.45, 2.75) is 13.8 Å². The third-order valence-corrected chi connectivity index (χ3v) is 1.58. The van der Waals surface area contributed by atoms with E-state index in [0.717, 1.165) is 5.56 Å². The molecule has 15 heavy (non-hydrogen) atoms. The maximum atomic E-state index is 8.55. The number of hydrogen-bond acceptors (Lipinski definition) is 3. The summed E-state index contributed by atoms with van der Waals surface area (Å²) < 4.78 is 5.13. The van der Waals surface area contributed by atoms with Gasteiger partial charge < -0.3 is 9.84 Å². The summed E-state index contributed by atoms with van der Waals surface area (Å²) in [6, 6.07) is 3.61. The highest BCUT2D eigenvalue weighted by Gasteiger charge is 1.94. The standard InChI is InChI=1S/C12H15NO2/c1-10(2)3-4-11-5-6-12(13-9-11)15-8-7-14/h5-6,9-10,14H,7-8H2,1-2H3. The monoisotopic (exact) mass is 205 g/mol. The Kier molecular flexibility index (Phi) is 4.65. The summed E-state index contributed by atoms with van der Waals surface area (Å²) in [7, 11) is 0. The molecule has 0 bridgehead atoms. The van der Waals surface area contributed by atoms with Gasteiger partial charge >= 0.3 is 0 Å². The Morgan fingerprint density at radius 3 is 2.80 bits per heavy atom. The molecule has 0 unspecified atom stereocenters. The van der Waals surface area contributed by atoms with Crippen LogP contribution in [0.4, 0.5) is 0 Å². The number of nitrogens with zero attached hydrogens (tertiary/aromatic N) is 1. The number of aliphatic hydroxyl groups excluding tert-OH is 1. The summed E-state index contributed by atoms with van der Waals surface area (Å²) >= 11 is 0. The molecule has 1 rings (SSSR count). The normalized spacial score (nSPS) is 9.60. The van der Waals surface area contributed by atoms with Gasteiger partial charge in [-0.05, 0) is 6.07 Å². The molecule has 1 aromatic heterocycles. The molecule has 1 heterocycles. The first kappa shape index (κ1) is 11.5.